The highest BCUT2D eigenvalue weighted by atomic mass is 16.5. The Morgan fingerprint density at radius 2 is 2.17 bits per heavy atom. The van der Waals surface area contributed by atoms with Gasteiger partial charge in [0.2, 0.25) is 5.91 Å². The van der Waals surface area contributed by atoms with Crippen molar-refractivity contribution >= 4 is 11.7 Å². The van der Waals surface area contributed by atoms with Gasteiger partial charge in [0.25, 0.3) is 0 Å². The summed E-state index contributed by atoms with van der Waals surface area (Å²) in [4.78, 5) is 14.5. The molecule has 0 aliphatic carbocycles. The van der Waals surface area contributed by atoms with Crippen molar-refractivity contribution in [2.24, 2.45) is 7.05 Å². The molecule has 1 saturated heterocycles. The maximum Gasteiger partial charge on any atom is 0.242 e. The molecule has 1 amide bonds. The van der Waals surface area contributed by atoms with E-state index in [0.29, 0.717) is 17.5 Å². The number of hydrogen-bond acceptors (Lipinski definition) is 5. The summed E-state index contributed by atoms with van der Waals surface area (Å²) >= 11 is 0. The van der Waals surface area contributed by atoms with Gasteiger partial charge in [-0.15, -0.1) is 0 Å². The SMILES string of the molecule is Cc1cc(NC(=O)C(C)N2CCC(c3cnn(C)c3)CC2)no1. The van der Waals surface area contributed by atoms with Gasteiger partial charge in [-0.05, 0) is 51.3 Å². The Bertz CT molecular complexity index is 670. The Morgan fingerprint density at radius 3 is 2.74 bits per heavy atom. The number of aryl methyl sites for hydroxylation is 2. The van der Waals surface area contributed by atoms with E-state index < -0.39 is 0 Å². The Hall–Kier alpha value is -2.15. The van der Waals surface area contributed by atoms with Crippen LogP contribution in [-0.2, 0) is 11.8 Å². The predicted octanol–water partition coefficient (Wildman–Crippen LogP) is 1.92. The maximum atomic E-state index is 12.3. The molecule has 7 heteroatoms. The van der Waals surface area contributed by atoms with Crippen LogP contribution in [0.25, 0.3) is 0 Å². The number of carbonyl (C=O) groups excluding carboxylic acids is 1. The zero-order chi connectivity index (χ0) is 16.4. The van der Waals surface area contributed by atoms with Gasteiger partial charge in [0, 0.05) is 19.3 Å². The Balaban J connectivity index is 1.53. The first-order valence-corrected chi connectivity index (χ1v) is 7.99. The first-order valence-electron chi connectivity index (χ1n) is 7.99. The zero-order valence-electron chi connectivity index (χ0n) is 13.8. The summed E-state index contributed by atoms with van der Waals surface area (Å²) in [6.45, 7) is 5.56. The summed E-state index contributed by atoms with van der Waals surface area (Å²) < 4.78 is 6.81. The molecule has 2 aromatic heterocycles. The van der Waals surface area contributed by atoms with Crippen molar-refractivity contribution in [1.82, 2.24) is 19.8 Å². The average Bonchev–Trinajstić information content (AvgIpc) is 3.15. The Labute approximate surface area is 135 Å². The van der Waals surface area contributed by atoms with Crippen LogP contribution < -0.4 is 5.32 Å². The fourth-order valence-electron chi connectivity index (χ4n) is 3.09. The van der Waals surface area contributed by atoms with Gasteiger partial charge in [0.1, 0.15) is 5.76 Å². The normalized spacial score (nSPS) is 18.0. The summed E-state index contributed by atoms with van der Waals surface area (Å²) in [5.41, 5.74) is 1.29. The highest BCUT2D eigenvalue weighted by Crippen LogP contribution is 2.28. The molecule has 1 atom stereocenters. The predicted molar refractivity (Wildman–Crippen MR) is 86.1 cm³/mol. The smallest absolute Gasteiger partial charge is 0.242 e. The first-order chi connectivity index (χ1) is 11.0. The van der Waals surface area contributed by atoms with Gasteiger partial charge in [0.05, 0.1) is 12.2 Å². The quantitative estimate of drug-likeness (QED) is 0.932. The van der Waals surface area contributed by atoms with Gasteiger partial charge in [-0.1, -0.05) is 5.16 Å². The van der Waals surface area contributed by atoms with Crippen molar-refractivity contribution < 1.29 is 9.32 Å². The molecule has 0 radical (unpaired) electrons. The number of carbonyl (C=O) groups is 1. The van der Waals surface area contributed by atoms with Crippen molar-refractivity contribution in [2.45, 2.75) is 38.6 Å². The second kappa shape index (κ2) is 6.54. The molecule has 0 bridgehead atoms. The van der Waals surface area contributed by atoms with Gasteiger partial charge in [-0.3, -0.25) is 14.4 Å². The number of likely N-dealkylation sites (tertiary alicyclic amines) is 1. The van der Waals surface area contributed by atoms with Gasteiger partial charge >= 0.3 is 0 Å². The molecular formula is C16H23N5O2. The summed E-state index contributed by atoms with van der Waals surface area (Å²) in [6, 6.07) is 1.54. The lowest BCUT2D eigenvalue weighted by atomic mass is 9.91. The van der Waals surface area contributed by atoms with E-state index in [-0.39, 0.29) is 11.9 Å². The van der Waals surface area contributed by atoms with Crippen LogP contribution in [0, 0.1) is 6.92 Å². The fraction of sp³-hybridized carbons (Fsp3) is 0.562. The fourth-order valence-corrected chi connectivity index (χ4v) is 3.09. The Morgan fingerprint density at radius 1 is 1.43 bits per heavy atom. The molecule has 1 aliphatic rings. The minimum Gasteiger partial charge on any atom is -0.360 e. The lowest BCUT2D eigenvalue weighted by Crippen LogP contribution is -2.45. The minimum absolute atomic E-state index is 0.0434. The number of nitrogens with zero attached hydrogens (tertiary/aromatic N) is 4. The topological polar surface area (TPSA) is 76.2 Å². The maximum absolute atomic E-state index is 12.3. The standard InChI is InChI=1S/C16H23N5O2/c1-11-8-15(19-23-11)18-16(22)12(2)21-6-4-13(5-7-21)14-9-17-20(3)10-14/h8-10,12-13H,4-7H2,1-3H3,(H,18,19,22). The first kappa shape index (κ1) is 15.7. The molecule has 1 fully saturated rings. The van der Waals surface area contributed by atoms with E-state index in [2.05, 4.69) is 26.7 Å². The van der Waals surface area contributed by atoms with Crippen LogP contribution in [0.2, 0.25) is 0 Å². The number of piperidine rings is 1. The molecular weight excluding hydrogens is 294 g/mol. The van der Waals surface area contributed by atoms with Crippen molar-refractivity contribution in [3.05, 3.63) is 29.8 Å². The van der Waals surface area contributed by atoms with Gasteiger partial charge < -0.3 is 9.84 Å². The van der Waals surface area contributed by atoms with Crippen molar-refractivity contribution in [3.8, 4) is 0 Å². The van der Waals surface area contributed by atoms with Crippen LogP contribution in [0.15, 0.2) is 23.0 Å². The average molecular weight is 317 g/mol. The second-order valence-electron chi connectivity index (χ2n) is 6.25. The number of hydrogen-bond donors (Lipinski definition) is 1. The highest BCUT2D eigenvalue weighted by Gasteiger charge is 2.28. The summed E-state index contributed by atoms with van der Waals surface area (Å²) in [5, 5.41) is 10.9. The zero-order valence-corrected chi connectivity index (χ0v) is 13.8. The largest absolute Gasteiger partial charge is 0.360 e. The van der Waals surface area contributed by atoms with Gasteiger partial charge in [-0.2, -0.15) is 5.10 Å². The third-order valence-electron chi connectivity index (χ3n) is 4.53. The number of amides is 1. The molecule has 0 spiro atoms. The molecule has 23 heavy (non-hydrogen) atoms. The van der Waals surface area contributed by atoms with Crippen LogP contribution in [0.3, 0.4) is 0 Å². The number of rotatable bonds is 4. The number of nitrogens with one attached hydrogen (secondary N) is 1. The van der Waals surface area contributed by atoms with Crippen LogP contribution in [0.1, 0.15) is 37.0 Å². The minimum atomic E-state index is -0.179. The van der Waals surface area contributed by atoms with E-state index >= 15 is 0 Å². The highest BCUT2D eigenvalue weighted by molar-refractivity contribution is 5.93. The van der Waals surface area contributed by atoms with Gasteiger partial charge in [0.15, 0.2) is 5.82 Å². The van der Waals surface area contributed by atoms with E-state index in [9.17, 15) is 4.79 Å². The van der Waals surface area contributed by atoms with E-state index in [1.54, 1.807) is 13.0 Å². The van der Waals surface area contributed by atoms with Crippen LogP contribution in [0.4, 0.5) is 5.82 Å². The van der Waals surface area contributed by atoms with E-state index in [4.69, 9.17) is 4.52 Å². The lowest BCUT2D eigenvalue weighted by molar-refractivity contribution is -0.121. The van der Waals surface area contributed by atoms with Gasteiger partial charge in [-0.25, -0.2) is 0 Å². The second-order valence-corrected chi connectivity index (χ2v) is 6.25. The Kier molecular flexibility index (Phi) is 4.47. The molecule has 1 unspecified atom stereocenters. The van der Waals surface area contributed by atoms with Crippen LogP contribution >= 0.6 is 0 Å². The molecule has 124 valence electrons. The van der Waals surface area contributed by atoms with Crippen molar-refractivity contribution in [3.63, 3.8) is 0 Å². The monoisotopic (exact) mass is 317 g/mol. The number of anilines is 1. The number of aromatic nitrogens is 3. The van der Waals surface area contributed by atoms with E-state index in [1.807, 2.05) is 24.9 Å². The summed E-state index contributed by atoms with van der Waals surface area (Å²) in [5.74, 6) is 1.65. The lowest BCUT2D eigenvalue weighted by Gasteiger charge is -2.34. The van der Waals surface area contributed by atoms with Crippen LogP contribution in [0.5, 0.6) is 0 Å². The molecule has 7 nitrogen and oxygen atoms in total. The van der Waals surface area contributed by atoms with E-state index in [1.165, 1.54) is 5.56 Å². The summed E-state index contributed by atoms with van der Waals surface area (Å²) in [7, 11) is 1.94. The molecule has 3 heterocycles. The molecule has 3 rings (SSSR count). The van der Waals surface area contributed by atoms with Crippen molar-refractivity contribution in [1.29, 1.82) is 0 Å². The third kappa shape index (κ3) is 3.61. The third-order valence-corrected chi connectivity index (χ3v) is 4.53. The molecule has 1 aliphatic heterocycles. The van der Waals surface area contributed by atoms with E-state index in [0.717, 1.165) is 25.9 Å². The van der Waals surface area contributed by atoms with Crippen LogP contribution in [-0.4, -0.2) is 44.9 Å². The molecule has 0 aromatic carbocycles. The molecule has 0 saturated carbocycles. The summed E-state index contributed by atoms with van der Waals surface area (Å²) in [6.07, 6.45) is 6.13. The molecule has 1 N–H and O–H groups in total. The molecule has 2 aromatic rings. The van der Waals surface area contributed by atoms with Crippen molar-refractivity contribution in [2.75, 3.05) is 18.4 Å².